The molecule has 1 aromatic carbocycles. The molecule has 9 atom stereocenters. The van der Waals surface area contributed by atoms with Gasteiger partial charge in [-0.25, -0.2) is 4.79 Å². The number of primary amides is 2. The van der Waals surface area contributed by atoms with Crippen molar-refractivity contribution in [2.24, 2.45) is 35.0 Å². The number of carbonyl (C=O) groups excluding carboxylic acids is 9. The lowest BCUT2D eigenvalue weighted by molar-refractivity contribution is -0.145. The molecule has 0 aliphatic carbocycles. The number of phenols is 1. The van der Waals surface area contributed by atoms with E-state index < -0.39 is 145 Å². The zero-order valence-electron chi connectivity index (χ0n) is 37.6. The molecule has 15 N–H and O–H groups in total. The van der Waals surface area contributed by atoms with Crippen LogP contribution in [0.5, 0.6) is 5.75 Å². The molecular formula is C42H66N10O13. The van der Waals surface area contributed by atoms with Gasteiger partial charge in [-0.05, 0) is 54.7 Å². The number of phenolic OH excluding ortho intramolecular Hbond substituents is 1. The Hall–Kier alpha value is -6.36. The first-order chi connectivity index (χ1) is 30.4. The second-order valence-electron chi connectivity index (χ2n) is 16.9. The van der Waals surface area contributed by atoms with Crippen LogP contribution in [-0.2, 0) is 54.4 Å². The van der Waals surface area contributed by atoms with Crippen molar-refractivity contribution in [2.45, 2.75) is 135 Å². The van der Waals surface area contributed by atoms with Crippen molar-refractivity contribution < 1.29 is 63.3 Å². The normalized spacial score (nSPS) is 17.3. The standard InChI is InChI=1S/C42H66N10O13/c1-7-22(6)34(40(62)50-33(21(4)5)42(64)65)51-38(60)29-9-8-16-52(29)41(63)27(17-23-10-12-24(54)13-11-23)48-36(58)26(18-31(44)56)47-35(57)25(14-15-30(43)55)46-37(59)28(19-53)49-39(61)32(45)20(2)3/h10-13,20-22,25-29,32-34,53-54H,7-9,14-19,45H2,1-6H3,(H2,43,55)(H2,44,56)(H,46,59)(H,47,57)(H,48,58)(H,49,61)(H,50,62)(H,51,60)(H,64,65)/t22-,25-,26-,27-,28-,29-,32-,33-,34-/m0/s1. The highest BCUT2D eigenvalue weighted by molar-refractivity contribution is 5.99. The van der Waals surface area contributed by atoms with E-state index in [9.17, 15) is 63.3 Å². The minimum atomic E-state index is -1.80. The van der Waals surface area contributed by atoms with Crippen molar-refractivity contribution in [3.63, 3.8) is 0 Å². The molecule has 23 nitrogen and oxygen atoms in total. The Morgan fingerprint density at radius 2 is 1.26 bits per heavy atom. The van der Waals surface area contributed by atoms with Gasteiger partial charge in [0.25, 0.3) is 0 Å². The monoisotopic (exact) mass is 918 g/mol. The SMILES string of the molecule is CC[C@H](C)[C@H](NC(=O)[C@@H]1CCCN1C(=O)[C@H](Cc1ccc(O)cc1)NC(=O)[C@H](CC(N)=O)NC(=O)[C@H](CCC(N)=O)NC(=O)[C@H](CO)NC(=O)[C@@H](N)C(C)C)C(=O)N[C@H](C(=O)O)C(C)C. The van der Waals surface area contributed by atoms with Crippen LogP contribution in [0, 0.1) is 17.8 Å². The number of likely N-dealkylation sites (tertiary alicyclic amines) is 1. The number of nitrogens with zero attached hydrogens (tertiary/aromatic N) is 1. The third kappa shape index (κ3) is 16.9. The average molecular weight is 919 g/mol. The van der Waals surface area contributed by atoms with Crippen LogP contribution in [0.4, 0.5) is 0 Å². The van der Waals surface area contributed by atoms with Gasteiger partial charge in [-0.1, -0.05) is 60.1 Å². The summed E-state index contributed by atoms with van der Waals surface area (Å²) in [6.45, 7) is 9.12. The minimum Gasteiger partial charge on any atom is -0.508 e. The summed E-state index contributed by atoms with van der Waals surface area (Å²) in [5.41, 5.74) is 17.0. The highest BCUT2D eigenvalue weighted by atomic mass is 16.4. The van der Waals surface area contributed by atoms with Crippen LogP contribution in [-0.4, -0.2) is 141 Å². The largest absolute Gasteiger partial charge is 0.508 e. The molecule has 2 rings (SSSR count). The Bertz CT molecular complexity index is 1880. The lowest BCUT2D eigenvalue weighted by Gasteiger charge is -2.32. The van der Waals surface area contributed by atoms with E-state index in [1.807, 2.05) is 0 Å². The Kier molecular flexibility index (Phi) is 21.8. The van der Waals surface area contributed by atoms with Gasteiger partial charge in [-0.3, -0.25) is 43.2 Å². The van der Waals surface area contributed by atoms with Crippen LogP contribution in [0.3, 0.4) is 0 Å². The first-order valence-corrected chi connectivity index (χ1v) is 21.5. The summed E-state index contributed by atoms with van der Waals surface area (Å²) in [5, 5.41) is 44.1. The van der Waals surface area contributed by atoms with Gasteiger partial charge in [0.2, 0.25) is 53.2 Å². The first-order valence-electron chi connectivity index (χ1n) is 21.5. The van der Waals surface area contributed by atoms with Crippen molar-refractivity contribution in [1.29, 1.82) is 0 Å². The summed E-state index contributed by atoms with van der Waals surface area (Å²) in [6, 6.07) is -5.53. The number of nitrogens with two attached hydrogens (primary N) is 3. The third-order valence-electron chi connectivity index (χ3n) is 11.0. The van der Waals surface area contributed by atoms with E-state index in [-0.39, 0.29) is 31.1 Å². The fraction of sp³-hybridized carbons (Fsp3) is 0.619. The summed E-state index contributed by atoms with van der Waals surface area (Å²) in [7, 11) is 0. The Balaban J connectivity index is 2.45. The third-order valence-corrected chi connectivity index (χ3v) is 11.0. The molecule has 0 unspecified atom stereocenters. The van der Waals surface area contributed by atoms with Crippen LogP contribution >= 0.6 is 0 Å². The van der Waals surface area contributed by atoms with E-state index in [1.165, 1.54) is 29.2 Å². The highest BCUT2D eigenvalue weighted by Crippen LogP contribution is 2.22. The van der Waals surface area contributed by atoms with Crippen LogP contribution < -0.4 is 49.1 Å². The molecule has 1 aliphatic heterocycles. The smallest absolute Gasteiger partial charge is 0.326 e. The van der Waals surface area contributed by atoms with E-state index in [0.29, 0.717) is 18.4 Å². The number of benzene rings is 1. The summed E-state index contributed by atoms with van der Waals surface area (Å²) in [4.78, 5) is 132. The predicted octanol–water partition coefficient (Wildman–Crippen LogP) is -3.26. The van der Waals surface area contributed by atoms with Gasteiger partial charge in [0.1, 0.15) is 48.0 Å². The number of aliphatic carboxylic acids is 1. The van der Waals surface area contributed by atoms with Gasteiger partial charge in [0, 0.05) is 19.4 Å². The quantitative estimate of drug-likeness (QED) is 0.0434. The van der Waals surface area contributed by atoms with Crippen molar-refractivity contribution in [1.82, 2.24) is 36.8 Å². The number of carbonyl (C=O) groups is 10. The van der Waals surface area contributed by atoms with E-state index in [1.54, 1.807) is 41.5 Å². The molecule has 1 saturated heterocycles. The van der Waals surface area contributed by atoms with Gasteiger partial charge < -0.3 is 69.3 Å². The fourth-order valence-electron chi connectivity index (χ4n) is 6.83. The number of nitrogens with one attached hydrogen (secondary N) is 6. The van der Waals surface area contributed by atoms with Crippen molar-refractivity contribution in [3.05, 3.63) is 29.8 Å². The molecule has 362 valence electrons. The first kappa shape index (κ1) is 54.8. The molecule has 1 aromatic rings. The molecule has 0 radical (unpaired) electrons. The number of aliphatic hydroxyl groups excluding tert-OH is 1. The molecule has 0 spiro atoms. The maximum Gasteiger partial charge on any atom is 0.326 e. The van der Waals surface area contributed by atoms with Gasteiger partial charge in [-0.2, -0.15) is 0 Å². The van der Waals surface area contributed by atoms with Gasteiger partial charge >= 0.3 is 5.97 Å². The topological polar surface area (TPSA) is 385 Å². The second kappa shape index (κ2) is 25.8. The molecule has 1 heterocycles. The Morgan fingerprint density at radius 3 is 1.78 bits per heavy atom. The average Bonchev–Trinajstić information content (AvgIpc) is 3.74. The van der Waals surface area contributed by atoms with E-state index in [0.717, 1.165) is 0 Å². The molecule has 0 aromatic heterocycles. The van der Waals surface area contributed by atoms with Gasteiger partial charge in [0.15, 0.2) is 0 Å². The summed E-state index contributed by atoms with van der Waals surface area (Å²) in [5.74, 6) is -10.9. The maximum atomic E-state index is 14.5. The lowest BCUT2D eigenvalue weighted by Crippen LogP contribution is -2.61. The van der Waals surface area contributed by atoms with E-state index >= 15 is 0 Å². The number of aromatic hydroxyl groups is 1. The van der Waals surface area contributed by atoms with Crippen molar-refractivity contribution in [3.8, 4) is 5.75 Å². The number of amides is 9. The molecule has 65 heavy (non-hydrogen) atoms. The van der Waals surface area contributed by atoms with Crippen LogP contribution in [0.1, 0.15) is 85.6 Å². The number of hydrogen-bond acceptors (Lipinski definition) is 13. The van der Waals surface area contributed by atoms with Crippen LogP contribution in [0.25, 0.3) is 0 Å². The maximum absolute atomic E-state index is 14.5. The number of carboxylic acids is 1. The Morgan fingerprint density at radius 1 is 0.708 bits per heavy atom. The predicted molar refractivity (Wildman–Crippen MR) is 232 cm³/mol. The zero-order valence-corrected chi connectivity index (χ0v) is 37.6. The lowest BCUT2D eigenvalue weighted by atomic mass is 9.96. The molecular weight excluding hydrogens is 853 g/mol. The summed E-state index contributed by atoms with van der Waals surface area (Å²) in [6.07, 6.45) is -1.05. The van der Waals surface area contributed by atoms with Crippen LogP contribution in [0.15, 0.2) is 24.3 Å². The number of carboxylic acid groups (broad SMARTS) is 1. The molecule has 0 saturated carbocycles. The summed E-state index contributed by atoms with van der Waals surface area (Å²) < 4.78 is 0. The van der Waals surface area contributed by atoms with Crippen LogP contribution in [0.2, 0.25) is 0 Å². The molecule has 1 fully saturated rings. The summed E-state index contributed by atoms with van der Waals surface area (Å²) >= 11 is 0. The van der Waals surface area contributed by atoms with E-state index in [2.05, 4.69) is 31.9 Å². The molecule has 1 aliphatic rings. The zero-order chi connectivity index (χ0) is 49.3. The van der Waals surface area contributed by atoms with Gasteiger partial charge in [0.05, 0.1) is 19.1 Å². The van der Waals surface area contributed by atoms with Gasteiger partial charge in [-0.15, -0.1) is 0 Å². The van der Waals surface area contributed by atoms with Crippen molar-refractivity contribution in [2.75, 3.05) is 13.2 Å². The fourth-order valence-corrected chi connectivity index (χ4v) is 6.83. The highest BCUT2D eigenvalue weighted by Gasteiger charge is 2.41. The van der Waals surface area contributed by atoms with E-state index in [4.69, 9.17) is 17.2 Å². The Labute approximate surface area is 377 Å². The number of rotatable bonds is 26. The molecule has 23 heteroatoms. The second-order valence-corrected chi connectivity index (χ2v) is 16.9. The molecule has 0 bridgehead atoms. The minimum absolute atomic E-state index is 0.0366. The number of aliphatic hydroxyl groups is 1. The molecule has 9 amide bonds. The number of hydrogen-bond donors (Lipinski definition) is 12. The van der Waals surface area contributed by atoms with Crippen molar-refractivity contribution >= 4 is 59.1 Å².